The van der Waals surface area contributed by atoms with Gasteiger partial charge in [-0.15, -0.1) is 5.10 Å². The molecule has 1 aromatic heterocycles. The number of carbonyl (C=O) groups is 1. The Morgan fingerprint density at radius 3 is 2.58 bits per heavy atom. The van der Waals surface area contributed by atoms with Gasteiger partial charge >= 0.3 is 0 Å². The number of nitrogens with one attached hydrogen (secondary N) is 1. The van der Waals surface area contributed by atoms with Gasteiger partial charge in [-0.1, -0.05) is 23.9 Å². The van der Waals surface area contributed by atoms with Gasteiger partial charge in [0.25, 0.3) is 0 Å². The van der Waals surface area contributed by atoms with Crippen LogP contribution in [0.25, 0.3) is 5.69 Å². The summed E-state index contributed by atoms with van der Waals surface area (Å²) in [5.41, 5.74) is 2.71. The van der Waals surface area contributed by atoms with Crippen molar-refractivity contribution in [1.82, 2.24) is 20.2 Å². The zero-order valence-corrected chi connectivity index (χ0v) is 18.5. The Morgan fingerprint density at radius 2 is 1.84 bits per heavy atom. The molecule has 1 saturated heterocycles. The highest BCUT2D eigenvalue weighted by molar-refractivity contribution is 8.00. The zero-order chi connectivity index (χ0) is 21.6. The maximum atomic E-state index is 12.8. The van der Waals surface area contributed by atoms with Crippen LogP contribution in [-0.4, -0.2) is 51.6 Å². The summed E-state index contributed by atoms with van der Waals surface area (Å²) in [6.07, 6.45) is 3.78. The van der Waals surface area contributed by atoms with Crippen LogP contribution in [0.15, 0.2) is 53.7 Å². The van der Waals surface area contributed by atoms with E-state index >= 15 is 0 Å². The third kappa shape index (κ3) is 4.99. The molecule has 0 aliphatic carbocycles. The third-order valence-electron chi connectivity index (χ3n) is 5.26. The Hall–Kier alpha value is -3.07. The van der Waals surface area contributed by atoms with Crippen LogP contribution >= 0.6 is 11.8 Å². The molecule has 0 saturated carbocycles. The molecule has 4 rings (SSSR count). The first kappa shape index (κ1) is 21.2. The van der Waals surface area contributed by atoms with Crippen molar-refractivity contribution < 1.29 is 9.53 Å². The summed E-state index contributed by atoms with van der Waals surface area (Å²) in [5.74, 6) is 0.549. The summed E-state index contributed by atoms with van der Waals surface area (Å²) >= 11 is 1.30. The van der Waals surface area contributed by atoms with Crippen molar-refractivity contribution in [2.75, 3.05) is 30.4 Å². The number of rotatable bonds is 7. The normalized spacial score (nSPS) is 14.8. The molecule has 1 aliphatic heterocycles. The number of carbonyl (C=O) groups excluding carboxylic acids is 1. The predicted octanol–water partition coefficient (Wildman–Crippen LogP) is 3.78. The SMILES string of the molecule is COc1ccccc1-n1nnnc1SC(C)C(=O)Nc1ccc(N2CCCCC2)cc1. The van der Waals surface area contributed by atoms with E-state index in [1.807, 2.05) is 43.3 Å². The van der Waals surface area contributed by atoms with Gasteiger partial charge in [0.2, 0.25) is 11.1 Å². The smallest absolute Gasteiger partial charge is 0.237 e. The molecule has 1 unspecified atom stereocenters. The first-order valence-corrected chi connectivity index (χ1v) is 11.3. The second-order valence-corrected chi connectivity index (χ2v) is 8.70. The molecular weight excluding hydrogens is 412 g/mol. The standard InChI is InChI=1S/C22H26N6O2S/c1-16(31-22-24-25-26-28(22)19-8-4-5-9-20(19)30-2)21(29)23-17-10-12-18(13-11-17)27-14-6-3-7-15-27/h4-5,8-13,16H,3,6-7,14-15H2,1-2H3,(H,23,29). The number of piperidine rings is 1. The molecule has 0 spiro atoms. The van der Waals surface area contributed by atoms with Crippen molar-refractivity contribution in [3.8, 4) is 11.4 Å². The maximum Gasteiger partial charge on any atom is 0.237 e. The molecule has 1 aliphatic rings. The van der Waals surface area contributed by atoms with Crippen LogP contribution in [0, 0.1) is 0 Å². The van der Waals surface area contributed by atoms with Gasteiger partial charge in [-0.25, -0.2) is 0 Å². The Labute approximate surface area is 186 Å². The lowest BCUT2D eigenvalue weighted by Crippen LogP contribution is -2.29. The van der Waals surface area contributed by atoms with Gasteiger partial charge in [-0.2, -0.15) is 4.68 Å². The van der Waals surface area contributed by atoms with E-state index in [1.54, 1.807) is 11.8 Å². The van der Waals surface area contributed by atoms with Gasteiger partial charge in [0.15, 0.2) is 0 Å². The summed E-state index contributed by atoms with van der Waals surface area (Å²) in [4.78, 5) is 15.1. The highest BCUT2D eigenvalue weighted by atomic mass is 32.2. The van der Waals surface area contributed by atoms with Crippen molar-refractivity contribution in [3.05, 3.63) is 48.5 Å². The van der Waals surface area contributed by atoms with Crippen molar-refractivity contribution in [2.45, 2.75) is 36.6 Å². The number of hydrogen-bond acceptors (Lipinski definition) is 7. The van der Waals surface area contributed by atoms with E-state index in [0.29, 0.717) is 10.9 Å². The van der Waals surface area contributed by atoms with E-state index in [4.69, 9.17) is 4.74 Å². The third-order valence-corrected chi connectivity index (χ3v) is 6.29. The number of methoxy groups -OCH3 is 1. The molecule has 9 heteroatoms. The van der Waals surface area contributed by atoms with Crippen LogP contribution in [0.3, 0.4) is 0 Å². The van der Waals surface area contributed by atoms with E-state index in [0.717, 1.165) is 24.5 Å². The lowest BCUT2D eigenvalue weighted by atomic mass is 10.1. The average molecular weight is 439 g/mol. The minimum absolute atomic E-state index is 0.106. The number of tetrazole rings is 1. The van der Waals surface area contributed by atoms with Crippen LogP contribution in [0.5, 0.6) is 5.75 Å². The van der Waals surface area contributed by atoms with Crippen LogP contribution < -0.4 is 15.0 Å². The summed E-state index contributed by atoms with van der Waals surface area (Å²) < 4.78 is 6.98. The summed E-state index contributed by atoms with van der Waals surface area (Å²) in [5, 5.41) is 15.0. The largest absolute Gasteiger partial charge is 0.494 e. The Morgan fingerprint density at radius 1 is 1.10 bits per heavy atom. The molecule has 1 N–H and O–H groups in total. The van der Waals surface area contributed by atoms with E-state index < -0.39 is 0 Å². The summed E-state index contributed by atoms with van der Waals surface area (Å²) in [7, 11) is 1.60. The zero-order valence-electron chi connectivity index (χ0n) is 17.7. The Kier molecular flexibility index (Phi) is 6.71. The summed E-state index contributed by atoms with van der Waals surface area (Å²) in [6.45, 7) is 4.03. The topological polar surface area (TPSA) is 85.2 Å². The highest BCUT2D eigenvalue weighted by Gasteiger charge is 2.21. The second kappa shape index (κ2) is 9.82. The molecule has 162 valence electrons. The number of anilines is 2. The fraction of sp³-hybridized carbons (Fsp3) is 0.364. The fourth-order valence-electron chi connectivity index (χ4n) is 3.57. The number of para-hydroxylation sites is 2. The number of nitrogens with zero attached hydrogens (tertiary/aromatic N) is 5. The van der Waals surface area contributed by atoms with Crippen molar-refractivity contribution in [3.63, 3.8) is 0 Å². The minimum Gasteiger partial charge on any atom is -0.494 e. The number of aromatic nitrogens is 4. The van der Waals surface area contributed by atoms with Gasteiger partial charge < -0.3 is 15.0 Å². The minimum atomic E-state index is -0.388. The number of hydrogen-bond donors (Lipinski definition) is 1. The van der Waals surface area contributed by atoms with Crippen molar-refractivity contribution in [1.29, 1.82) is 0 Å². The number of benzene rings is 2. The molecular formula is C22H26N6O2S. The van der Waals surface area contributed by atoms with E-state index in [-0.39, 0.29) is 11.2 Å². The van der Waals surface area contributed by atoms with Gasteiger partial charge in [-0.3, -0.25) is 4.79 Å². The average Bonchev–Trinajstić information content (AvgIpc) is 3.28. The molecule has 1 fully saturated rings. The lowest BCUT2D eigenvalue weighted by Gasteiger charge is -2.28. The molecule has 0 radical (unpaired) electrons. The van der Waals surface area contributed by atoms with Crippen LogP contribution in [-0.2, 0) is 4.79 Å². The van der Waals surface area contributed by atoms with Crippen molar-refractivity contribution in [2.24, 2.45) is 0 Å². The van der Waals surface area contributed by atoms with Crippen LogP contribution in [0.2, 0.25) is 0 Å². The first-order valence-electron chi connectivity index (χ1n) is 10.4. The molecule has 1 amide bonds. The summed E-state index contributed by atoms with van der Waals surface area (Å²) in [6, 6.07) is 15.5. The molecule has 1 atom stereocenters. The molecule has 8 nitrogen and oxygen atoms in total. The van der Waals surface area contributed by atoms with Gasteiger partial charge in [0.05, 0.1) is 12.4 Å². The molecule has 2 heterocycles. The van der Waals surface area contributed by atoms with Crippen LogP contribution in [0.1, 0.15) is 26.2 Å². The van der Waals surface area contributed by atoms with Gasteiger partial charge in [-0.05, 0) is 73.0 Å². The second-order valence-electron chi connectivity index (χ2n) is 7.39. The van der Waals surface area contributed by atoms with E-state index in [9.17, 15) is 4.79 Å². The highest BCUT2D eigenvalue weighted by Crippen LogP contribution is 2.28. The Bertz CT molecular complexity index is 1020. The molecule has 3 aromatic rings. The number of thioether (sulfide) groups is 1. The fourth-order valence-corrected chi connectivity index (χ4v) is 4.37. The van der Waals surface area contributed by atoms with E-state index in [1.165, 1.54) is 36.7 Å². The first-order chi connectivity index (χ1) is 15.2. The number of amides is 1. The van der Waals surface area contributed by atoms with Gasteiger partial charge in [0.1, 0.15) is 11.4 Å². The van der Waals surface area contributed by atoms with Gasteiger partial charge in [0, 0.05) is 24.5 Å². The number of ether oxygens (including phenoxy) is 1. The van der Waals surface area contributed by atoms with Crippen LogP contribution in [0.4, 0.5) is 11.4 Å². The monoisotopic (exact) mass is 438 g/mol. The quantitative estimate of drug-likeness (QED) is 0.562. The van der Waals surface area contributed by atoms with E-state index in [2.05, 4.69) is 37.9 Å². The Balaban J connectivity index is 1.40. The molecule has 0 bridgehead atoms. The maximum absolute atomic E-state index is 12.8. The lowest BCUT2D eigenvalue weighted by molar-refractivity contribution is -0.115. The molecule has 2 aromatic carbocycles. The van der Waals surface area contributed by atoms with Crippen molar-refractivity contribution >= 4 is 29.0 Å². The molecule has 31 heavy (non-hydrogen) atoms. The predicted molar refractivity (Wildman–Crippen MR) is 122 cm³/mol.